The highest BCUT2D eigenvalue weighted by Crippen LogP contribution is 2.25. The van der Waals surface area contributed by atoms with E-state index in [1.807, 2.05) is 32.0 Å². The van der Waals surface area contributed by atoms with E-state index in [1.165, 1.54) is 0 Å². The molecule has 0 aliphatic rings. The van der Waals surface area contributed by atoms with Crippen LogP contribution in [0.2, 0.25) is 5.02 Å². The van der Waals surface area contributed by atoms with Crippen LogP contribution in [0.5, 0.6) is 5.75 Å². The molecule has 2 rings (SSSR count). The number of amides is 1. The van der Waals surface area contributed by atoms with E-state index in [0.29, 0.717) is 10.8 Å². The molecule has 0 saturated carbocycles. The molecule has 0 unspecified atom stereocenters. The van der Waals surface area contributed by atoms with Crippen molar-refractivity contribution in [3.8, 4) is 5.75 Å². The fourth-order valence-corrected chi connectivity index (χ4v) is 2.93. The third-order valence-electron chi connectivity index (χ3n) is 3.21. The maximum absolute atomic E-state index is 11.9. The van der Waals surface area contributed by atoms with Crippen molar-refractivity contribution in [2.24, 2.45) is 0 Å². The summed E-state index contributed by atoms with van der Waals surface area (Å²) in [5, 5.41) is 6.34. The first-order valence-electron chi connectivity index (χ1n) is 7.11. The number of hydrogen-bond acceptors (Lipinski definition) is 3. The predicted molar refractivity (Wildman–Crippen MR) is 105 cm³/mol. The Labute approximate surface area is 159 Å². The smallest absolute Gasteiger partial charge is 0.264 e. The number of halogens is 2. The Morgan fingerprint density at radius 3 is 2.75 bits per heavy atom. The highest BCUT2D eigenvalue weighted by Gasteiger charge is 2.09. The van der Waals surface area contributed by atoms with Crippen LogP contribution in [0.3, 0.4) is 0 Å². The Morgan fingerprint density at radius 2 is 2.04 bits per heavy atom. The molecule has 24 heavy (non-hydrogen) atoms. The van der Waals surface area contributed by atoms with Gasteiger partial charge in [-0.15, -0.1) is 0 Å². The van der Waals surface area contributed by atoms with Gasteiger partial charge in [-0.1, -0.05) is 23.7 Å². The Bertz CT molecular complexity index is 783. The van der Waals surface area contributed by atoms with E-state index in [9.17, 15) is 4.79 Å². The van der Waals surface area contributed by atoms with Gasteiger partial charge in [0, 0.05) is 10.7 Å². The van der Waals surface area contributed by atoms with Crippen molar-refractivity contribution in [2.75, 3.05) is 11.9 Å². The molecular formula is C17H16BrClN2O2S. The summed E-state index contributed by atoms with van der Waals surface area (Å²) in [5.41, 5.74) is 2.70. The van der Waals surface area contributed by atoms with Crippen LogP contribution < -0.4 is 15.4 Å². The van der Waals surface area contributed by atoms with Crippen molar-refractivity contribution >= 4 is 56.5 Å². The zero-order valence-corrected chi connectivity index (χ0v) is 16.3. The van der Waals surface area contributed by atoms with Crippen molar-refractivity contribution in [3.63, 3.8) is 0 Å². The summed E-state index contributed by atoms with van der Waals surface area (Å²) in [6.07, 6.45) is 0. The molecule has 4 nitrogen and oxygen atoms in total. The number of carbonyl (C=O) groups is 1. The van der Waals surface area contributed by atoms with E-state index in [2.05, 4.69) is 26.6 Å². The first-order chi connectivity index (χ1) is 11.4. The number of thiocarbonyl (C=S) groups is 1. The van der Waals surface area contributed by atoms with Crippen LogP contribution in [-0.2, 0) is 4.79 Å². The Hall–Kier alpha value is -1.63. The standard InChI is InChI=1S/C17H16BrClN2O2S/c1-10-6-7-15(12(18)8-10)23-9-16(22)21-17(24)20-14-5-3-4-13(19)11(14)2/h3-8H,9H2,1-2H3,(H2,20,21,22,24). The van der Waals surface area contributed by atoms with Crippen molar-refractivity contribution in [1.29, 1.82) is 0 Å². The minimum absolute atomic E-state index is 0.141. The van der Waals surface area contributed by atoms with E-state index < -0.39 is 0 Å². The van der Waals surface area contributed by atoms with Crippen LogP contribution >= 0.6 is 39.7 Å². The summed E-state index contributed by atoms with van der Waals surface area (Å²) in [7, 11) is 0. The number of benzene rings is 2. The van der Waals surface area contributed by atoms with Crippen LogP contribution in [0.15, 0.2) is 40.9 Å². The SMILES string of the molecule is Cc1ccc(OCC(=O)NC(=S)Nc2cccc(Cl)c2C)c(Br)c1. The molecule has 0 spiro atoms. The zero-order valence-electron chi connectivity index (χ0n) is 13.2. The lowest BCUT2D eigenvalue weighted by Crippen LogP contribution is -2.37. The number of hydrogen-bond donors (Lipinski definition) is 2. The molecule has 0 fully saturated rings. The van der Waals surface area contributed by atoms with Gasteiger partial charge in [-0.05, 0) is 77.4 Å². The summed E-state index contributed by atoms with van der Waals surface area (Å²) in [6.45, 7) is 3.70. The van der Waals surface area contributed by atoms with Crippen LogP contribution in [-0.4, -0.2) is 17.6 Å². The average Bonchev–Trinajstić information content (AvgIpc) is 2.51. The van der Waals surface area contributed by atoms with E-state index in [1.54, 1.807) is 18.2 Å². The van der Waals surface area contributed by atoms with Crippen molar-refractivity contribution in [3.05, 3.63) is 57.0 Å². The molecule has 0 atom stereocenters. The summed E-state index contributed by atoms with van der Waals surface area (Å²) >= 11 is 14.6. The lowest BCUT2D eigenvalue weighted by atomic mass is 10.2. The maximum Gasteiger partial charge on any atom is 0.264 e. The number of ether oxygens (including phenoxy) is 1. The number of anilines is 1. The van der Waals surface area contributed by atoms with Crippen LogP contribution in [0.4, 0.5) is 5.69 Å². The summed E-state index contributed by atoms with van der Waals surface area (Å²) in [5.74, 6) is 0.250. The summed E-state index contributed by atoms with van der Waals surface area (Å²) in [6, 6.07) is 11.1. The van der Waals surface area contributed by atoms with Gasteiger partial charge in [-0.3, -0.25) is 10.1 Å². The molecular weight excluding hydrogens is 412 g/mol. The van der Waals surface area contributed by atoms with Gasteiger partial charge in [0.25, 0.3) is 5.91 Å². The number of nitrogens with one attached hydrogen (secondary N) is 2. The van der Waals surface area contributed by atoms with Gasteiger partial charge in [-0.2, -0.15) is 0 Å². The van der Waals surface area contributed by atoms with Crippen molar-refractivity contribution < 1.29 is 9.53 Å². The Morgan fingerprint density at radius 1 is 1.29 bits per heavy atom. The molecule has 0 saturated heterocycles. The predicted octanol–water partition coefficient (Wildman–Crippen LogP) is 4.61. The highest BCUT2D eigenvalue weighted by atomic mass is 79.9. The van der Waals surface area contributed by atoms with E-state index in [0.717, 1.165) is 21.3 Å². The van der Waals surface area contributed by atoms with E-state index in [4.69, 9.17) is 28.6 Å². The lowest BCUT2D eigenvalue weighted by Gasteiger charge is -2.13. The van der Waals surface area contributed by atoms with Crippen LogP contribution in [0.1, 0.15) is 11.1 Å². The molecule has 2 aromatic carbocycles. The second-order valence-corrected chi connectivity index (χ2v) is 6.81. The van der Waals surface area contributed by atoms with Gasteiger partial charge >= 0.3 is 0 Å². The third kappa shape index (κ3) is 5.19. The number of carbonyl (C=O) groups excluding carboxylic acids is 1. The molecule has 0 heterocycles. The van der Waals surface area contributed by atoms with Crippen LogP contribution in [0.25, 0.3) is 0 Å². The molecule has 2 N–H and O–H groups in total. The minimum atomic E-state index is -0.348. The van der Waals surface area contributed by atoms with Crippen molar-refractivity contribution in [2.45, 2.75) is 13.8 Å². The van der Waals surface area contributed by atoms with Crippen molar-refractivity contribution in [1.82, 2.24) is 5.32 Å². The Balaban J connectivity index is 1.87. The van der Waals surface area contributed by atoms with Gasteiger partial charge < -0.3 is 10.1 Å². The molecule has 0 aliphatic carbocycles. The molecule has 2 aromatic rings. The molecule has 126 valence electrons. The van der Waals surface area contributed by atoms with Gasteiger partial charge in [0.05, 0.1) is 4.47 Å². The quantitative estimate of drug-likeness (QED) is 0.700. The minimum Gasteiger partial charge on any atom is -0.483 e. The third-order valence-corrected chi connectivity index (χ3v) is 4.45. The summed E-state index contributed by atoms with van der Waals surface area (Å²) < 4.78 is 6.28. The molecule has 7 heteroatoms. The second kappa shape index (κ2) is 8.46. The number of aryl methyl sites for hydroxylation is 1. The maximum atomic E-state index is 11.9. The van der Waals surface area contributed by atoms with Crippen LogP contribution in [0, 0.1) is 13.8 Å². The van der Waals surface area contributed by atoms with E-state index >= 15 is 0 Å². The second-order valence-electron chi connectivity index (χ2n) is 5.14. The lowest BCUT2D eigenvalue weighted by molar-refractivity contribution is -0.121. The molecule has 1 amide bonds. The average molecular weight is 428 g/mol. The fourth-order valence-electron chi connectivity index (χ4n) is 1.93. The fraction of sp³-hybridized carbons (Fsp3) is 0.176. The Kier molecular flexibility index (Phi) is 6.60. The topological polar surface area (TPSA) is 50.4 Å². The first-order valence-corrected chi connectivity index (χ1v) is 8.69. The first kappa shape index (κ1) is 18.7. The summed E-state index contributed by atoms with van der Waals surface area (Å²) in [4.78, 5) is 11.9. The largest absolute Gasteiger partial charge is 0.483 e. The zero-order chi connectivity index (χ0) is 17.7. The van der Waals surface area contributed by atoms with Gasteiger partial charge in [-0.25, -0.2) is 0 Å². The number of rotatable bonds is 4. The molecule has 0 aromatic heterocycles. The van der Waals surface area contributed by atoms with Gasteiger partial charge in [0.2, 0.25) is 0 Å². The highest BCUT2D eigenvalue weighted by molar-refractivity contribution is 9.10. The van der Waals surface area contributed by atoms with Gasteiger partial charge in [0.15, 0.2) is 11.7 Å². The molecule has 0 aliphatic heterocycles. The van der Waals surface area contributed by atoms with E-state index in [-0.39, 0.29) is 17.6 Å². The molecule has 0 bridgehead atoms. The van der Waals surface area contributed by atoms with Gasteiger partial charge in [0.1, 0.15) is 5.75 Å². The molecule has 0 radical (unpaired) electrons. The monoisotopic (exact) mass is 426 g/mol. The normalized spacial score (nSPS) is 10.2.